The molecule has 1 aromatic heterocycles. The number of nitrogens with two attached hydrogens (primary N) is 1. The van der Waals surface area contributed by atoms with E-state index in [-0.39, 0.29) is 36.4 Å². The molecule has 2 heterocycles. The number of carbonyl (C=O) groups is 3. The fourth-order valence-corrected chi connectivity index (χ4v) is 3.13. The van der Waals surface area contributed by atoms with Crippen molar-refractivity contribution in [3.8, 4) is 0 Å². The number of fused-ring (bicyclic) bond motifs is 1. The van der Waals surface area contributed by atoms with Crippen LogP contribution >= 0.6 is 0 Å². The van der Waals surface area contributed by atoms with Crippen molar-refractivity contribution in [2.75, 3.05) is 19.6 Å². The Morgan fingerprint density at radius 2 is 1.89 bits per heavy atom. The Balaban J connectivity index is 1.53. The van der Waals surface area contributed by atoms with Crippen molar-refractivity contribution in [1.29, 1.82) is 0 Å². The molecule has 1 aromatic carbocycles. The van der Waals surface area contributed by atoms with Crippen molar-refractivity contribution in [2.24, 2.45) is 11.7 Å². The van der Waals surface area contributed by atoms with Gasteiger partial charge in [-0.3, -0.25) is 23.7 Å². The summed E-state index contributed by atoms with van der Waals surface area (Å²) in [6.07, 6.45) is 2.39. The Labute approximate surface area is 155 Å². The third kappa shape index (κ3) is 4.30. The molecule has 1 aliphatic rings. The van der Waals surface area contributed by atoms with Gasteiger partial charge < -0.3 is 16.0 Å². The smallest absolute Gasteiger partial charge is 0.261 e. The molecule has 0 atom stereocenters. The van der Waals surface area contributed by atoms with Gasteiger partial charge in [-0.05, 0) is 25.0 Å². The lowest BCUT2D eigenvalue weighted by molar-refractivity contribution is -0.135. The zero-order valence-electron chi connectivity index (χ0n) is 14.8. The van der Waals surface area contributed by atoms with E-state index in [0.29, 0.717) is 36.8 Å². The minimum Gasteiger partial charge on any atom is -0.369 e. The average Bonchev–Trinajstić information content (AvgIpc) is 2.68. The third-order valence-corrected chi connectivity index (χ3v) is 4.73. The standard InChI is InChI=1S/C18H21N5O4/c19-17(26)12-5-7-22(8-6-12)16(25)9-20-15(24)10-23-11-21-14-4-2-1-3-13(14)18(23)27/h1-4,11-12H,5-10H2,(H2,19,26)(H,20,24). The molecule has 9 heteroatoms. The van der Waals surface area contributed by atoms with Crippen LogP contribution in [0.1, 0.15) is 12.8 Å². The van der Waals surface area contributed by atoms with Gasteiger partial charge in [-0.15, -0.1) is 0 Å². The van der Waals surface area contributed by atoms with Gasteiger partial charge in [0.15, 0.2) is 0 Å². The number of likely N-dealkylation sites (tertiary alicyclic amines) is 1. The summed E-state index contributed by atoms with van der Waals surface area (Å²) in [6.45, 7) is 0.510. The molecule has 0 aliphatic carbocycles. The molecule has 1 fully saturated rings. The molecule has 0 spiro atoms. The van der Waals surface area contributed by atoms with Crippen LogP contribution in [0.5, 0.6) is 0 Å². The second kappa shape index (κ2) is 7.98. The van der Waals surface area contributed by atoms with E-state index < -0.39 is 5.91 Å². The summed E-state index contributed by atoms with van der Waals surface area (Å²) < 4.78 is 1.21. The van der Waals surface area contributed by atoms with Crippen molar-refractivity contribution in [2.45, 2.75) is 19.4 Å². The van der Waals surface area contributed by atoms with Crippen LogP contribution in [-0.4, -0.2) is 51.8 Å². The van der Waals surface area contributed by atoms with Crippen LogP contribution in [0.4, 0.5) is 0 Å². The van der Waals surface area contributed by atoms with Crippen LogP contribution in [0.15, 0.2) is 35.4 Å². The molecular weight excluding hydrogens is 350 g/mol. The highest BCUT2D eigenvalue weighted by Gasteiger charge is 2.25. The van der Waals surface area contributed by atoms with Crippen molar-refractivity contribution in [3.63, 3.8) is 0 Å². The highest BCUT2D eigenvalue weighted by atomic mass is 16.2. The largest absolute Gasteiger partial charge is 0.369 e. The molecule has 142 valence electrons. The number of para-hydroxylation sites is 1. The van der Waals surface area contributed by atoms with E-state index in [2.05, 4.69) is 10.3 Å². The van der Waals surface area contributed by atoms with Gasteiger partial charge in [-0.25, -0.2) is 4.98 Å². The van der Waals surface area contributed by atoms with Crippen LogP contribution in [0.2, 0.25) is 0 Å². The number of piperidine rings is 1. The monoisotopic (exact) mass is 371 g/mol. The molecular formula is C18H21N5O4. The summed E-state index contributed by atoms with van der Waals surface area (Å²) in [5.41, 5.74) is 5.53. The lowest BCUT2D eigenvalue weighted by Crippen LogP contribution is -2.46. The minimum absolute atomic E-state index is 0.157. The van der Waals surface area contributed by atoms with E-state index in [4.69, 9.17) is 5.73 Å². The Hall–Kier alpha value is -3.23. The van der Waals surface area contributed by atoms with Crippen LogP contribution in [-0.2, 0) is 20.9 Å². The maximum absolute atomic E-state index is 12.4. The van der Waals surface area contributed by atoms with Crippen molar-refractivity contribution >= 4 is 28.6 Å². The lowest BCUT2D eigenvalue weighted by Gasteiger charge is -2.30. The second-order valence-electron chi connectivity index (χ2n) is 6.53. The maximum Gasteiger partial charge on any atom is 0.261 e. The van der Waals surface area contributed by atoms with Gasteiger partial charge >= 0.3 is 0 Å². The van der Waals surface area contributed by atoms with E-state index >= 15 is 0 Å². The van der Waals surface area contributed by atoms with Gasteiger partial charge in [0.2, 0.25) is 17.7 Å². The average molecular weight is 371 g/mol. The van der Waals surface area contributed by atoms with Crippen LogP contribution < -0.4 is 16.6 Å². The predicted octanol–water partition coefficient (Wildman–Crippen LogP) is -0.763. The second-order valence-corrected chi connectivity index (χ2v) is 6.53. The first-order chi connectivity index (χ1) is 13.0. The van der Waals surface area contributed by atoms with Gasteiger partial charge in [0.25, 0.3) is 5.56 Å². The van der Waals surface area contributed by atoms with Gasteiger partial charge in [-0.2, -0.15) is 0 Å². The number of carbonyl (C=O) groups excluding carboxylic acids is 3. The summed E-state index contributed by atoms with van der Waals surface area (Å²) in [7, 11) is 0. The first-order valence-electron chi connectivity index (χ1n) is 8.73. The number of nitrogens with one attached hydrogen (secondary N) is 1. The summed E-state index contributed by atoms with van der Waals surface area (Å²) >= 11 is 0. The number of amides is 3. The van der Waals surface area contributed by atoms with Crippen LogP contribution in [0.3, 0.4) is 0 Å². The number of nitrogens with zero attached hydrogens (tertiary/aromatic N) is 3. The molecule has 3 amide bonds. The molecule has 0 unspecified atom stereocenters. The quantitative estimate of drug-likeness (QED) is 0.714. The van der Waals surface area contributed by atoms with Gasteiger partial charge in [-0.1, -0.05) is 12.1 Å². The molecule has 2 aromatic rings. The zero-order chi connectivity index (χ0) is 19.4. The van der Waals surface area contributed by atoms with Crippen LogP contribution in [0, 0.1) is 5.92 Å². The third-order valence-electron chi connectivity index (χ3n) is 4.73. The maximum atomic E-state index is 12.4. The summed E-state index contributed by atoms with van der Waals surface area (Å²) in [4.78, 5) is 53.6. The Morgan fingerprint density at radius 1 is 1.19 bits per heavy atom. The highest BCUT2D eigenvalue weighted by molar-refractivity contribution is 5.85. The minimum atomic E-state index is -0.449. The number of hydrogen-bond donors (Lipinski definition) is 2. The van der Waals surface area contributed by atoms with Crippen LogP contribution in [0.25, 0.3) is 10.9 Å². The summed E-state index contributed by atoms with van der Waals surface area (Å²) in [5.74, 6) is -1.22. The zero-order valence-corrected chi connectivity index (χ0v) is 14.8. The normalized spacial score (nSPS) is 14.9. The molecule has 0 radical (unpaired) electrons. The molecule has 27 heavy (non-hydrogen) atoms. The molecule has 3 N–H and O–H groups in total. The number of primary amides is 1. The van der Waals surface area contributed by atoms with E-state index in [1.54, 1.807) is 29.2 Å². The van der Waals surface area contributed by atoms with E-state index in [9.17, 15) is 19.2 Å². The molecule has 0 saturated carbocycles. The summed E-state index contributed by atoms with van der Waals surface area (Å²) in [5, 5.41) is 2.96. The van der Waals surface area contributed by atoms with Crippen molar-refractivity contribution in [3.05, 3.63) is 40.9 Å². The number of rotatable bonds is 5. The number of hydrogen-bond acceptors (Lipinski definition) is 5. The van der Waals surface area contributed by atoms with Crippen molar-refractivity contribution < 1.29 is 14.4 Å². The van der Waals surface area contributed by atoms with Gasteiger partial charge in [0, 0.05) is 19.0 Å². The fraction of sp³-hybridized carbons (Fsp3) is 0.389. The molecule has 0 bridgehead atoms. The molecule has 1 saturated heterocycles. The molecule has 1 aliphatic heterocycles. The van der Waals surface area contributed by atoms with Gasteiger partial charge in [0.1, 0.15) is 6.54 Å². The van der Waals surface area contributed by atoms with E-state index in [1.807, 2.05) is 0 Å². The van der Waals surface area contributed by atoms with E-state index in [0.717, 1.165) is 0 Å². The van der Waals surface area contributed by atoms with Crippen molar-refractivity contribution in [1.82, 2.24) is 19.8 Å². The Kier molecular flexibility index (Phi) is 5.49. The number of benzene rings is 1. The fourth-order valence-electron chi connectivity index (χ4n) is 3.13. The number of aromatic nitrogens is 2. The SMILES string of the molecule is NC(=O)C1CCN(C(=O)CNC(=O)Cn2cnc3ccccc3c2=O)CC1. The Bertz CT molecular complexity index is 931. The Morgan fingerprint density at radius 3 is 2.59 bits per heavy atom. The molecule has 9 nitrogen and oxygen atoms in total. The van der Waals surface area contributed by atoms with Gasteiger partial charge in [0.05, 0.1) is 23.8 Å². The first kappa shape index (κ1) is 18.6. The molecule has 3 rings (SSSR count). The van der Waals surface area contributed by atoms with E-state index in [1.165, 1.54) is 10.9 Å². The highest BCUT2D eigenvalue weighted by Crippen LogP contribution is 2.16. The topological polar surface area (TPSA) is 127 Å². The lowest BCUT2D eigenvalue weighted by atomic mass is 9.96. The first-order valence-corrected chi connectivity index (χ1v) is 8.73. The summed E-state index contributed by atoms with van der Waals surface area (Å²) in [6, 6.07) is 6.89. The predicted molar refractivity (Wildman–Crippen MR) is 97.5 cm³/mol.